The van der Waals surface area contributed by atoms with Gasteiger partial charge < -0.3 is 9.80 Å². The third-order valence-corrected chi connectivity index (χ3v) is 4.48. The summed E-state index contributed by atoms with van der Waals surface area (Å²) < 4.78 is 0. The van der Waals surface area contributed by atoms with Crippen molar-refractivity contribution in [3.63, 3.8) is 0 Å². The average Bonchev–Trinajstić information content (AvgIpc) is 2.48. The van der Waals surface area contributed by atoms with Gasteiger partial charge in [-0.05, 0) is 39.7 Å². The number of carbonyl (C=O) groups excluding carboxylic acids is 2. The number of likely N-dealkylation sites (tertiary alicyclic amines) is 1. The Kier molecular flexibility index (Phi) is 5.33. The lowest BCUT2D eigenvalue weighted by molar-refractivity contribution is -0.126. The maximum absolute atomic E-state index is 12.3. The van der Waals surface area contributed by atoms with Gasteiger partial charge in [0.1, 0.15) is 5.71 Å². The molecule has 0 atom stereocenters. The number of carbonyl (C=O) groups is 2. The van der Waals surface area contributed by atoms with Gasteiger partial charge in [-0.3, -0.25) is 9.59 Å². The van der Waals surface area contributed by atoms with Crippen LogP contribution in [0.4, 0.5) is 0 Å². The van der Waals surface area contributed by atoms with E-state index in [1.807, 2.05) is 4.90 Å². The molecular formula is C15H26N4O2. The summed E-state index contributed by atoms with van der Waals surface area (Å²) in [4.78, 5) is 27.6. The molecule has 0 bridgehead atoms. The predicted molar refractivity (Wildman–Crippen MR) is 81.9 cm³/mol. The van der Waals surface area contributed by atoms with Crippen molar-refractivity contribution in [1.29, 1.82) is 0 Å². The maximum atomic E-state index is 12.3. The highest BCUT2D eigenvalue weighted by Gasteiger charge is 2.28. The standard InChI is InChI=1S/C15H26N4O2/c1-11(2)18(3)10-12-6-8-19(9-7-12)15(21)13-4-5-14(20)17-16-13/h11-12H,4-10H2,1-3H3,(H,17,20). The number of amides is 2. The highest BCUT2D eigenvalue weighted by atomic mass is 16.2. The molecule has 0 radical (unpaired) electrons. The molecule has 0 aliphatic carbocycles. The zero-order valence-corrected chi connectivity index (χ0v) is 13.3. The Hall–Kier alpha value is -1.43. The van der Waals surface area contributed by atoms with Crippen molar-refractivity contribution >= 4 is 17.5 Å². The first-order valence-corrected chi connectivity index (χ1v) is 7.82. The molecule has 0 saturated carbocycles. The number of hydrogen-bond donors (Lipinski definition) is 1. The summed E-state index contributed by atoms with van der Waals surface area (Å²) in [6.07, 6.45) is 2.91. The van der Waals surface area contributed by atoms with Crippen molar-refractivity contribution in [2.24, 2.45) is 11.0 Å². The molecule has 0 aromatic carbocycles. The number of hydrogen-bond acceptors (Lipinski definition) is 4. The van der Waals surface area contributed by atoms with E-state index in [2.05, 4.69) is 36.3 Å². The molecule has 21 heavy (non-hydrogen) atoms. The van der Waals surface area contributed by atoms with Crippen LogP contribution >= 0.6 is 0 Å². The molecule has 0 unspecified atom stereocenters. The fraction of sp³-hybridized carbons (Fsp3) is 0.800. The average molecular weight is 294 g/mol. The summed E-state index contributed by atoms with van der Waals surface area (Å²) >= 11 is 0. The number of rotatable bonds is 4. The van der Waals surface area contributed by atoms with Crippen molar-refractivity contribution in [3.05, 3.63) is 0 Å². The first-order valence-electron chi connectivity index (χ1n) is 7.82. The molecule has 2 aliphatic rings. The molecule has 0 spiro atoms. The van der Waals surface area contributed by atoms with Gasteiger partial charge in [-0.2, -0.15) is 5.10 Å². The van der Waals surface area contributed by atoms with Crippen molar-refractivity contribution in [2.75, 3.05) is 26.7 Å². The Morgan fingerprint density at radius 2 is 2.05 bits per heavy atom. The Balaban J connectivity index is 1.81. The van der Waals surface area contributed by atoms with Gasteiger partial charge in [-0.25, -0.2) is 5.43 Å². The van der Waals surface area contributed by atoms with Gasteiger partial charge in [0.15, 0.2) is 0 Å². The van der Waals surface area contributed by atoms with Crippen LogP contribution < -0.4 is 5.43 Å². The zero-order valence-electron chi connectivity index (χ0n) is 13.3. The maximum Gasteiger partial charge on any atom is 0.270 e. The van der Waals surface area contributed by atoms with Crippen LogP contribution in [0.1, 0.15) is 39.5 Å². The lowest BCUT2D eigenvalue weighted by Crippen LogP contribution is -2.45. The molecule has 6 nitrogen and oxygen atoms in total. The summed E-state index contributed by atoms with van der Waals surface area (Å²) in [5.74, 6) is 0.544. The molecule has 1 saturated heterocycles. The predicted octanol–water partition coefficient (Wildman–Crippen LogP) is 0.831. The van der Waals surface area contributed by atoms with E-state index in [-0.39, 0.29) is 11.8 Å². The van der Waals surface area contributed by atoms with Gasteiger partial charge in [0.25, 0.3) is 5.91 Å². The second kappa shape index (κ2) is 7.02. The van der Waals surface area contributed by atoms with Crippen molar-refractivity contribution < 1.29 is 9.59 Å². The lowest BCUT2D eigenvalue weighted by Gasteiger charge is -2.35. The van der Waals surface area contributed by atoms with Gasteiger partial charge >= 0.3 is 0 Å². The summed E-state index contributed by atoms with van der Waals surface area (Å²) in [6, 6.07) is 0.560. The monoisotopic (exact) mass is 294 g/mol. The summed E-state index contributed by atoms with van der Waals surface area (Å²) in [5, 5.41) is 3.89. The van der Waals surface area contributed by atoms with Crippen molar-refractivity contribution in [3.8, 4) is 0 Å². The second-order valence-corrected chi connectivity index (χ2v) is 6.36. The summed E-state index contributed by atoms with van der Waals surface area (Å²) in [5.41, 5.74) is 2.89. The van der Waals surface area contributed by atoms with Crippen molar-refractivity contribution in [1.82, 2.24) is 15.2 Å². The number of nitrogens with one attached hydrogen (secondary N) is 1. The molecule has 2 aliphatic heterocycles. The van der Waals surface area contributed by atoms with Gasteiger partial charge in [0.2, 0.25) is 5.91 Å². The highest BCUT2D eigenvalue weighted by Crippen LogP contribution is 2.19. The second-order valence-electron chi connectivity index (χ2n) is 6.36. The van der Waals surface area contributed by atoms with Gasteiger partial charge in [0, 0.05) is 38.5 Å². The topological polar surface area (TPSA) is 65.0 Å². The van der Waals surface area contributed by atoms with E-state index >= 15 is 0 Å². The minimum Gasteiger partial charge on any atom is -0.338 e. The molecular weight excluding hydrogens is 268 g/mol. The molecule has 118 valence electrons. The van der Waals surface area contributed by atoms with Crippen LogP contribution in [-0.2, 0) is 9.59 Å². The number of hydrazone groups is 1. The summed E-state index contributed by atoms with van der Waals surface area (Å²) in [7, 11) is 2.15. The minimum atomic E-state index is -0.109. The van der Waals surface area contributed by atoms with Crippen molar-refractivity contribution in [2.45, 2.75) is 45.6 Å². The number of nitrogens with zero attached hydrogens (tertiary/aromatic N) is 3. The van der Waals surface area contributed by atoms with Gasteiger partial charge in [-0.15, -0.1) is 0 Å². The molecule has 6 heteroatoms. The fourth-order valence-corrected chi connectivity index (χ4v) is 2.75. The fourth-order valence-electron chi connectivity index (χ4n) is 2.75. The van der Waals surface area contributed by atoms with E-state index in [1.165, 1.54) is 0 Å². The normalized spacial score (nSPS) is 20.7. The van der Waals surface area contributed by atoms with Crippen LogP contribution in [0.25, 0.3) is 0 Å². The Morgan fingerprint density at radius 3 is 2.57 bits per heavy atom. The van der Waals surface area contributed by atoms with Crippen LogP contribution in [-0.4, -0.2) is 60.0 Å². The van der Waals surface area contributed by atoms with Crippen LogP contribution in [0.3, 0.4) is 0 Å². The Bertz CT molecular complexity index is 425. The quantitative estimate of drug-likeness (QED) is 0.835. The van der Waals surface area contributed by atoms with E-state index in [4.69, 9.17) is 0 Å². The molecule has 1 fully saturated rings. The van der Waals surface area contributed by atoms with E-state index < -0.39 is 0 Å². The summed E-state index contributed by atoms with van der Waals surface area (Å²) in [6.45, 7) is 7.09. The van der Waals surface area contributed by atoms with Crippen LogP contribution in [0.15, 0.2) is 5.10 Å². The molecule has 2 heterocycles. The van der Waals surface area contributed by atoms with E-state index in [1.54, 1.807) is 0 Å². The largest absolute Gasteiger partial charge is 0.338 e. The van der Waals surface area contributed by atoms with E-state index in [9.17, 15) is 9.59 Å². The number of piperidine rings is 1. The van der Waals surface area contributed by atoms with Gasteiger partial charge in [-0.1, -0.05) is 0 Å². The zero-order chi connectivity index (χ0) is 15.4. The SMILES string of the molecule is CC(C)N(C)CC1CCN(C(=O)C2=NNC(=O)CC2)CC1. The molecule has 0 aromatic rings. The third kappa shape index (κ3) is 4.27. The Labute approximate surface area is 126 Å². The Morgan fingerprint density at radius 1 is 1.38 bits per heavy atom. The van der Waals surface area contributed by atoms with E-state index in [0.29, 0.717) is 30.5 Å². The lowest BCUT2D eigenvalue weighted by atomic mass is 9.95. The molecule has 2 amide bonds. The van der Waals surface area contributed by atoms with Crippen LogP contribution in [0, 0.1) is 5.92 Å². The first kappa shape index (κ1) is 15.9. The highest BCUT2D eigenvalue weighted by molar-refractivity contribution is 6.39. The molecule has 0 aromatic heterocycles. The molecule has 1 N–H and O–H groups in total. The van der Waals surface area contributed by atoms with Crippen LogP contribution in [0.5, 0.6) is 0 Å². The van der Waals surface area contributed by atoms with Gasteiger partial charge in [0.05, 0.1) is 0 Å². The van der Waals surface area contributed by atoms with Crippen LogP contribution in [0.2, 0.25) is 0 Å². The minimum absolute atomic E-state index is 0.00864. The molecule has 2 rings (SSSR count). The first-order chi connectivity index (χ1) is 9.97. The smallest absolute Gasteiger partial charge is 0.270 e. The van der Waals surface area contributed by atoms with E-state index in [0.717, 1.165) is 32.5 Å². The third-order valence-electron chi connectivity index (χ3n) is 4.48.